The van der Waals surface area contributed by atoms with Crippen LogP contribution in [0, 0.1) is 17.2 Å². The molecule has 2 aromatic heterocycles. The van der Waals surface area contributed by atoms with Crippen molar-refractivity contribution in [1.29, 1.82) is 5.26 Å². The van der Waals surface area contributed by atoms with Crippen molar-refractivity contribution in [1.82, 2.24) is 19.7 Å². The molecule has 0 bridgehead atoms. The average molecular weight is 355 g/mol. The molecule has 0 amide bonds. The molecule has 3 aromatic rings. The van der Waals surface area contributed by atoms with Crippen LogP contribution in [0.25, 0.3) is 22.3 Å². The molecule has 0 aliphatic heterocycles. The third-order valence-electron chi connectivity index (χ3n) is 5.70. The van der Waals surface area contributed by atoms with E-state index in [1.54, 1.807) is 6.08 Å². The van der Waals surface area contributed by atoms with Gasteiger partial charge in [-0.05, 0) is 50.2 Å². The van der Waals surface area contributed by atoms with E-state index in [1.165, 1.54) is 18.5 Å². The Morgan fingerprint density at radius 2 is 2.00 bits per heavy atom. The molecule has 2 aliphatic rings. The molecule has 0 saturated heterocycles. The van der Waals surface area contributed by atoms with Gasteiger partial charge in [0.05, 0.1) is 40.7 Å². The highest BCUT2D eigenvalue weighted by Gasteiger charge is 2.34. The van der Waals surface area contributed by atoms with Crippen molar-refractivity contribution in [3.05, 3.63) is 54.5 Å². The Morgan fingerprint density at radius 3 is 2.78 bits per heavy atom. The fourth-order valence-electron chi connectivity index (χ4n) is 3.96. The maximum Gasteiger partial charge on any atom is 0.0927 e. The number of fused-ring (bicyclic) bond motifs is 1. The highest BCUT2D eigenvalue weighted by molar-refractivity contribution is 5.77. The van der Waals surface area contributed by atoms with Crippen molar-refractivity contribution in [3.8, 4) is 17.3 Å². The first-order valence-corrected chi connectivity index (χ1v) is 9.67. The number of allylic oxidation sites excluding steroid dienone is 2. The van der Waals surface area contributed by atoms with Gasteiger partial charge in [-0.25, -0.2) is 4.98 Å². The predicted molar refractivity (Wildman–Crippen MR) is 104 cm³/mol. The lowest BCUT2D eigenvalue weighted by Crippen LogP contribution is -2.26. The molecule has 2 saturated carbocycles. The quantitative estimate of drug-likeness (QED) is 0.617. The number of nitriles is 1. The molecule has 0 atom stereocenters. The molecule has 2 fully saturated rings. The lowest BCUT2D eigenvalue weighted by atomic mass is 9.78. The number of benzene rings is 1. The van der Waals surface area contributed by atoms with Crippen LogP contribution < -0.4 is 0 Å². The molecular weight excluding hydrogens is 334 g/mol. The summed E-state index contributed by atoms with van der Waals surface area (Å²) in [5.41, 5.74) is 5.11. The summed E-state index contributed by atoms with van der Waals surface area (Å²) in [5, 5.41) is 13.6. The second-order valence-corrected chi connectivity index (χ2v) is 7.68. The van der Waals surface area contributed by atoms with Crippen molar-refractivity contribution in [2.24, 2.45) is 5.92 Å². The van der Waals surface area contributed by atoms with Crippen LogP contribution >= 0.6 is 0 Å². The Bertz CT molecular complexity index is 1050. The van der Waals surface area contributed by atoms with Crippen LogP contribution in [0.15, 0.2) is 48.8 Å². The molecule has 2 aliphatic carbocycles. The summed E-state index contributed by atoms with van der Waals surface area (Å²) in [6, 6.07) is 10.5. The van der Waals surface area contributed by atoms with Crippen molar-refractivity contribution >= 4 is 11.0 Å². The van der Waals surface area contributed by atoms with Crippen molar-refractivity contribution < 1.29 is 0 Å². The van der Waals surface area contributed by atoms with Gasteiger partial charge >= 0.3 is 0 Å². The van der Waals surface area contributed by atoms with Gasteiger partial charge in [-0.1, -0.05) is 18.2 Å². The van der Waals surface area contributed by atoms with Gasteiger partial charge in [0.2, 0.25) is 0 Å². The molecule has 0 radical (unpaired) electrons. The smallest absolute Gasteiger partial charge is 0.0927 e. The zero-order valence-electron chi connectivity index (χ0n) is 15.1. The van der Waals surface area contributed by atoms with Gasteiger partial charge in [0.1, 0.15) is 0 Å². The number of aromatic nitrogens is 4. The van der Waals surface area contributed by atoms with E-state index in [-0.39, 0.29) is 0 Å². The second kappa shape index (κ2) is 6.62. The first kappa shape index (κ1) is 16.2. The van der Waals surface area contributed by atoms with Gasteiger partial charge in [-0.15, -0.1) is 0 Å². The lowest BCUT2D eigenvalue weighted by molar-refractivity contribution is 0.185. The van der Waals surface area contributed by atoms with E-state index in [1.807, 2.05) is 36.5 Å². The first-order chi connectivity index (χ1) is 13.3. The van der Waals surface area contributed by atoms with E-state index in [2.05, 4.69) is 21.9 Å². The summed E-state index contributed by atoms with van der Waals surface area (Å²) in [7, 11) is 0. The van der Waals surface area contributed by atoms with Crippen molar-refractivity contribution in [2.75, 3.05) is 0 Å². The van der Waals surface area contributed by atoms with Crippen LogP contribution in [-0.4, -0.2) is 19.7 Å². The van der Waals surface area contributed by atoms with E-state index in [0.717, 1.165) is 41.6 Å². The minimum atomic E-state index is 0.463. The Balaban J connectivity index is 1.41. The van der Waals surface area contributed by atoms with Gasteiger partial charge in [0.25, 0.3) is 0 Å². The number of para-hydroxylation sites is 2. The Morgan fingerprint density at radius 1 is 1.19 bits per heavy atom. The van der Waals surface area contributed by atoms with Crippen LogP contribution in [0.4, 0.5) is 0 Å². The summed E-state index contributed by atoms with van der Waals surface area (Å²) in [4.78, 5) is 9.43. The molecule has 5 rings (SSSR count). The van der Waals surface area contributed by atoms with Gasteiger partial charge in [0, 0.05) is 23.8 Å². The first-order valence-electron chi connectivity index (χ1n) is 9.67. The highest BCUT2D eigenvalue weighted by Crippen LogP contribution is 2.46. The predicted octanol–water partition coefficient (Wildman–Crippen LogP) is 4.79. The van der Waals surface area contributed by atoms with Crippen LogP contribution in [-0.2, 0) is 0 Å². The van der Waals surface area contributed by atoms with Gasteiger partial charge in [-0.2, -0.15) is 10.4 Å². The molecule has 5 heteroatoms. The minimum absolute atomic E-state index is 0.463. The van der Waals surface area contributed by atoms with Crippen LogP contribution in [0.2, 0.25) is 0 Å². The highest BCUT2D eigenvalue weighted by atomic mass is 15.3. The zero-order valence-corrected chi connectivity index (χ0v) is 15.1. The van der Waals surface area contributed by atoms with E-state index >= 15 is 0 Å². The third-order valence-corrected chi connectivity index (χ3v) is 5.70. The van der Waals surface area contributed by atoms with Crippen molar-refractivity contribution in [2.45, 2.75) is 44.1 Å². The monoisotopic (exact) mass is 355 g/mol. The zero-order chi connectivity index (χ0) is 18.2. The second-order valence-electron chi connectivity index (χ2n) is 7.68. The molecule has 1 aromatic carbocycles. The molecule has 5 nitrogen and oxygen atoms in total. The van der Waals surface area contributed by atoms with Crippen LogP contribution in [0.1, 0.15) is 49.8 Å². The average Bonchev–Trinajstić information content (AvgIpc) is 3.42. The Hall–Kier alpha value is -3.00. The number of nitrogens with zero attached hydrogens (tertiary/aromatic N) is 5. The Kier molecular flexibility index (Phi) is 3.97. The van der Waals surface area contributed by atoms with E-state index in [0.29, 0.717) is 17.9 Å². The number of rotatable bonds is 5. The fourth-order valence-corrected chi connectivity index (χ4v) is 3.96. The fraction of sp³-hybridized carbons (Fsp3) is 0.364. The molecule has 27 heavy (non-hydrogen) atoms. The van der Waals surface area contributed by atoms with E-state index in [9.17, 15) is 0 Å². The SMILES string of the molecule is N#CC=CC[C@H]1C[C@H](n2cc(-c3cnc4ccccc4n3)c(C3CC3)n2)C1. The topological polar surface area (TPSA) is 67.4 Å². The third kappa shape index (κ3) is 3.12. The van der Waals surface area contributed by atoms with E-state index in [4.69, 9.17) is 15.3 Å². The van der Waals surface area contributed by atoms with Crippen LogP contribution in [0.5, 0.6) is 0 Å². The molecular formula is C22H21N5. The summed E-state index contributed by atoms with van der Waals surface area (Å²) >= 11 is 0. The summed E-state index contributed by atoms with van der Waals surface area (Å²) < 4.78 is 2.16. The molecule has 0 unspecified atom stereocenters. The standard InChI is InChI=1S/C22H21N5/c23-10-4-3-5-15-11-17(12-15)27-14-18(22(26-27)16-8-9-16)21-13-24-19-6-1-2-7-20(19)25-21/h1-4,6-7,13-17H,5,8-9,11-12H2/t15-,17-. The van der Waals surface area contributed by atoms with E-state index < -0.39 is 0 Å². The van der Waals surface area contributed by atoms with Gasteiger partial charge in [0.15, 0.2) is 0 Å². The molecule has 2 heterocycles. The Labute approximate surface area is 158 Å². The molecule has 0 N–H and O–H groups in total. The number of hydrogen-bond donors (Lipinski definition) is 0. The number of hydrogen-bond acceptors (Lipinski definition) is 4. The minimum Gasteiger partial charge on any atom is -0.269 e. The van der Waals surface area contributed by atoms with Gasteiger partial charge < -0.3 is 0 Å². The summed E-state index contributed by atoms with van der Waals surface area (Å²) in [6.07, 6.45) is 13.3. The van der Waals surface area contributed by atoms with Crippen molar-refractivity contribution in [3.63, 3.8) is 0 Å². The molecule has 134 valence electrons. The lowest BCUT2D eigenvalue weighted by Gasteiger charge is -2.34. The van der Waals surface area contributed by atoms with Gasteiger partial charge in [-0.3, -0.25) is 9.67 Å². The van der Waals surface area contributed by atoms with Crippen LogP contribution in [0.3, 0.4) is 0 Å². The summed E-state index contributed by atoms with van der Waals surface area (Å²) in [5.74, 6) is 1.24. The largest absolute Gasteiger partial charge is 0.269 e. The summed E-state index contributed by atoms with van der Waals surface area (Å²) in [6.45, 7) is 0. The maximum absolute atomic E-state index is 8.60. The molecule has 0 spiro atoms. The maximum atomic E-state index is 8.60. The normalized spacial score (nSPS) is 22.0.